The number of allylic oxidation sites excluding steroid dienone is 4. The first-order valence-corrected chi connectivity index (χ1v) is 26.7. The SMILES string of the molecule is CC1CC=CC=C1c1ccc(/C(=C\c2ccc(-c3ccc4c(c3)C3(c5ccccc5-c5c(-c6ccc(N(c7ccccc7)c7ccccc7)cc6)cccc53)c3c-4sc4ccccc34)cc2)c2ccccc2)cc1. The molecule has 14 rings (SSSR count). The van der Waals surface area contributed by atoms with Gasteiger partial charge in [0.05, 0.1) is 5.41 Å². The summed E-state index contributed by atoms with van der Waals surface area (Å²) in [6.45, 7) is 2.32. The number of para-hydroxylation sites is 2. The lowest BCUT2D eigenvalue weighted by molar-refractivity contribution is 0.758. The Kier molecular flexibility index (Phi) is 10.7. The van der Waals surface area contributed by atoms with Crippen LogP contribution in [0.2, 0.25) is 0 Å². The maximum atomic E-state index is 2.52. The molecule has 350 valence electrons. The van der Waals surface area contributed by atoms with E-state index in [1.54, 1.807) is 0 Å². The molecule has 1 heterocycles. The van der Waals surface area contributed by atoms with Gasteiger partial charge in [0.1, 0.15) is 0 Å². The molecule has 0 saturated heterocycles. The number of anilines is 3. The molecule has 3 aliphatic carbocycles. The molecule has 0 amide bonds. The van der Waals surface area contributed by atoms with Crippen molar-refractivity contribution in [3.63, 3.8) is 0 Å². The Morgan fingerprint density at radius 2 is 1.08 bits per heavy atom. The standard InChI is InChI=1S/C72H51NS/c1-48-18-11-12-25-59(48)52-36-38-54(39-37-52)64(51-19-5-2-6-20-51)46-49-32-34-50(35-33-49)55-42-45-62-67(47-55)72(70-63-27-14-16-31-68(63)74-71(62)70)65-29-15-13-26-61(65)69-60(28-17-30-66(69)72)53-40-43-58(44-41-53)73(56-21-7-3-8-22-56)57-23-9-4-10-24-57/h2-17,19-48H,18H2,1H3/b64-46-. The molecule has 1 spiro atoms. The van der Waals surface area contributed by atoms with E-state index in [1.165, 1.54) is 110 Å². The van der Waals surface area contributed by atoms with Gasteiger partial charge in [-0.05, 0) is 167 Å². The molecule has 2 atom stereocenters. The van der Waals surface area contributed by atoms with E-state index in [2.05, 4.69) is 285 Å². The molecule has 10 aromatic carbocycles. The van der Waals surface area contributed by atoms with E-state index < -0.39 is 5.41 Å². The molecule has 11 aromatic rings. The summed E-state index contributed by atoms with van der Waals surface area (Å²) >= 11 is 1.94. The fourth-order valence-corrected chi connectivity index (χ4v) is 13.7. The van der Waals surface area contributed by atoms with Crippen LogP contribution < -0.4 is 4.90 Å². The first-order valence-electron chi connectivity index (χ1n) is 25.9. The van der Waals surface area contributed by atoms with E-state index in [0.717, 1.165) is 23.5 Å². The molecular weight excluding hydrogens is 911 g/mol. The number of nitrogens with zero attached hydrogens (tertiary/aromatic N) is 1. The average Bonchev–Trinajstić information content (AvgIpc) is 4.20. The first kappa shape index (κ1) is 43.9. The Bertz CT molecular complexity index is 3970. The Morgan fingerprint density at radius 3 is 1.82 bits per heavy atom. The van der Waals surface area contributed by atoms with E-state index in [-0.39, 0.29) is 0 Å². The van der Waals surface area contributed by atoms with Crippen molar-refractivity contribution < 1.29 is 0 Å². The van der Waals surface area contributed by atoms with Gasteiger partial charge in [-0.3, -0.25) is 0 Å². The zero-order valence-corrected chi connectivity index (χ0v) is 41.9. The summed E-state index contributed by atoms with van der Waals surface area (Å²) in [7, 11) is 0. The summed E-state index contributed by atoms with van der Waals surface area (Å²) in [4.78, 5) is 3.70. The van der Waals surface area contributed by atoms with E-state index in [1.807, 2.05) is 11.3 Å². The van der Waals surface area contributed by atoms with Gasteiger partial charge in [-0.15, -0.1) is 11.3 Å². The van der Waals surface area contributed by atoms with Gasteiger partial charge in [-0.2, -0.15) is 0 Å². The summed E-state index contributed by atoms with van der Waals surface area (Å²) < 4.78 is 1.33. The van der Waals surface area contributed by atoms with Gasteiger partial charge in [-0.25, -0.2) is 0 Å². The molecule has 2 heteroatoms. The molecule has 0 aliphatic heterocycles. The number of hydrogen-bond donors (Lipinski definition) is 0. The van der Waals surface area contributed by atoms with E-state index in [9.17, 15) is 0 Å². The molecule has 0 N–H and O–H groups in total. The van der Waals surface area contributed by atoms with Gasteiger partial charge < -0.3 is 4.90 Å². The van der Waals surface area contributed by atoms with Crippen LogP contribution in [0.5, 0.6) is 0 Å². The third kappa shape index (κ3) is 7.12. The van der Waals surface area contributed by atoms with Crippen LogP contribution in [-0.4, -0.2) is 0 Å². The van der Waals surface area contributed by atoms with Gasteiger partial charge in [-0.1, -0.05) is 225 Å². The second kappa shape index (κ2) is 18.0. The molecule has 3 aliphatic rings. The van der Waals surface area contributed by atoms with Crippen molar-refractivity contribution in [1.82, 2.24) is 0 Å². The Labute approximate surface area is 438 Å². The van der Waals surface area contributed by atoms with E-state index >= 15 is 0 Å². The number of rotatable bonds is 9. The maximum Gasteiger partial charge on any atom is 0.0740 e. The molecule has 0 saturated carbocycles. The molecule has 74 heavy (non-hydrogen) atoms. The van der Waals surface area contributed by atoms with Crippen LogP contribution in [0.3, 0.4) is 0 Å². The van der Waals surface area contributed by atoms with Crippen molar-refractivity contribution in [2.24, 2.45) is 5.92 Å². The third-order valence-corrected chi connectivity index (χ3v) is 17.0. The Hall–Kier alpha value is -8.82. The predicted octanol–water partition coefficient (Wildman–Crippen LogP) is 19.6. The topological polar surface area (TPSA) is 3.24 Å². The Balaban J connectivity index is 0.879. The second-order valence-corrected chi connectivity index (χ2v) is 21.0. The highest BCUT2D eigenvalue weighted by molar-refractivity contribution is 7.22. The van der Waals surface area contributed by atoms with Gasteiger partial charge in [0.15, 0.2) is 0 Å². The highest BCUT2D eigenvalue weighted by Gasteiger charge is 2.54. The van der Waals surface area contributed by atoms with Crippen molar-refractivity contribution in [2.75, 3.05) is 4.90 Å². The maximum absolute atomic E-state index is 2.52. The zero-order valence-electron chi connectivity index (χ0n) is 41.1. The zero-order chi connectivity index (χ0) is 49.2. The lowest BCUT2D eigenvalue weighted by Crippen LogP contribution is -2.26. The second-order valence-electron chi connectivity index (χ2n) is 20.0. The van der Waals surface area contributed by atoms with Gasteiger partial charge >= 0.3 is 0 Å². The molecule has 0 fully saturated rings. The van der Waals surface area contributed by atoms with Gasteiger partial charge in [0.2, 0.25) is 0 Å². The molecular formula is C72H51NS. The first-order chi connectivity index (χ1) is 36.6. The number of fused-ring (bicyclic) bond motifs is 12. The lowest BCUT2D eigenvalue weighted by atomic mass is 9.69. The summed E-state index contributed by atoms with van der Waals surface area (Å²) in [5, 5.41) is 1.34. The smallest absolute Gasteiger partial charge is 0.0740 e. The molecule has 1 aromatic heterocycles. The average molecular weight is 962 g/mol. The van der Waals surface area contributed by atoms with Crippen LogP contribution in [0.15, 0.2) is 267 Å². The highest BCUT2D eigenvalue weighted by atomic mass is 32.1. The Morgan fingerprint density at radius 1 is 0.486 bits per heavy atom. The fourth-order valence-electron chi connectivity index (χ4n) is 12.4. The third-order valence-electron chi connectivity index (χ3n) is 15.8. The quantitative estimate of drug-likeness (QED) is 0.130. The number of benzene rings is 10. The normalized spacial score (nSPS) is 16.1. The van der Waals surface area contributed by atoms with Gasteiger partial charge in [0.25, 0.3) is 0 Å². The monoisotopic (exact) mass is 961 g/mol. The number of thiophene rings is 1. The predicted molar refractivity (Wildman–Crippen MR) is 314 cm³/mol. The summed E-state index contributed by atoms with van der Waals surface area (Å²) in [6, 6.07) is 92.3. The van der Waals surface area contributed by atoms with Crippen molar-refractivity contribution in [3.05, 3.63) is 311 Å². The molecule has 0 radical (unpaired) electrons. The van der Waals surface area contributed by atoms with Crippen molar-refractivity contribution >= 4 is 55.7 Å². The number of hydrogen-bond acceptors (Lipinski definition) is 2. The summed E-state index contributed by atoms with van der Waals surface area (Å²) in [6.07, 6.45) is 10.2. The van der Waals surface area contributed by atoms with Crippen molar-refractivity contribution in [2.45, 2.75) is 18.8 Å². The van der Waals surface area contributed by atoms with Crippen LogP contribution in [0.1, 0.15) is 57.9 Å². The summed E-state index contributed by atoms with van der Waals surface area (Å²) in [5.74, 6) is 0.517. The summed E-state index contributed by atoms with van der Waals surface area (Å²) in [5.41, 5.74) is 24.6. The lowest BCUT2D eigenvalue weighted by Gasteiger charge is -2.31. The largest absolute Gasteiger partial charge is 0.311 e. The van der Waals surface area contributed by atoms with Crippen molar-refractivity contribution in [1.29, 1.82) is 0 Å². The van der Waals surface area contributed by atoms with Gasteiger partial charge in [0, 0.05) is 26.6 Å². The van der Waals surface area contributed by atoms with Crippen LogP contribution in [0.4, 0.5) is 17.1 Å². The minimum Gasteiger partial charge on any atom is -0.311 e. The van der Waals surface area contributed by atoms with Crippen LogP contribution in [0, 0.1) is 5.92 Å². The fraction of sp³-hybridized carbons (Fsp3) is 0.0556. The van der Waals surface area contributed by atoms with Crippen LogP contribution in [0.25, 0.3) is 71.1 Å². The molecule has 1 nitrogen and oxygen atoms in total. The minimum atomic E-state index is -0.509. The molecule has 0 bridgehead atoms. The highest BCUT2D eigenvalue weighted by Crippen LogP contribution is 2.67. The van der Waals surface area contributed by atoms with E-state index in [0.29, 0.717) is 5.92 Å². The van der Waals surface area contributed by atoms with Crippen LogP contribution >= 0.6 is 11.3 Å². The van der Waals surface area contributed by atoms with E-state index in [4.69, 9.17) is 0 Å². The van der Waals surface area contributed by atoms with Crippen molar-refractivity contribution in [3.8, 4) is 43.8 Å². The van der Waals surface area contributed by atoms with Crippen LogP contribution in [-0.2, 0) is 5.41 Å². The molecule has 2 unspecified atom stereocenters. The minimum absolute atomic E-state index is 0.509.